The molecule has 0 aromatic heterocycles. The Hall–Kier alpha value is -1.47. The number of nitro groups is 1. The van der Waals surface area contributed by atoms with E-state index < -0.39 is 4.92 Å². The summed E-state index contributed by atoms with van der Waals surface area (Å²) in [6.45, 7) is 3.12. The number of nitro benzene ring substituents is 1. The molecule has 7 heteroatoms. The largest absolute Gasteiger partial charge is 0.336 e. The number of amides is 1. The van der Waals surface area contributed by atoms with Gasteiger partial charge in [0, 0.05) is 29.2 Å². The van der Waals surface area contributed by atoms with Crippen LogP contribution < -0.4 is 5.73 Å². The maximum absolute atomic E-state index is 12.5. The lowest BCUT2D eigenvalue weighted by Gasteiger charge is -2.22. The Balaban J connectivity index is 2.29. The normalized spacial score (nSPS) is 22.1. The molecule has 1 aliphatic heterocycles. The lowest BCUT2D eigenvalue weighted by molar-refractivity contribution is -0.384. The molecule has 2 N–H and O–H groups in total. The minimum absolute atomic E-state index is 0.0845. The number of hydrogen-bond acceptors (Lipinski definition) is 4. The molecule has 2 atom stereocenters. The Morgan fingerprint density at radius 3 is 2.85 bits per heavy atom. The van der Waals surface area contributed by atoms with E-state index in [-0.39, 0.29) is 17.6 Å². The fourth-order valence-corrected chi connectivity index (χ4v) is 2.96. The number of rotatable bonds is 3. The molecule has 0 spiro atoms. The second-order valence-corrected chi connectivity index (χ2v) is 5.92. The highest BCUT2D eigenvalue weighted by atomic mass is 79.9. The Kier molecular flexibility index (Phi) is 4.39. The van der Waals surface area contributed by atoms with Gasteiger partial charge >= 0.3 is 0 Å². The highest BCUT2D eigenvalue weighted by Crippen LogP contribution is 2.28. The van der Waals surface area contributed by atoms with Crippen molar-refractivity contribution in [1.29, 1.82) is 0 Å². The first-order chi connectivity index (χ1) is 9.43. The number of benzene rings is 1. The fraction of sp³-hybridized carbons (Fsp3) is 0.462. The number of likely N-dealkylation sites (tertiary alicyclic amines) is 1. The van der Waals surface area contributed by atoms with Crippen LogP contribution in [-0.4, -0.2) is 34.9 Å². The molecule has 1 amide bonds. The molecule has 0 radical (unpaired) electrons. The van der Waals surface area contributed by atoms with Crippen LogP contribution in [0.3, 0.4) is 0 Å². The van der Waals surface area contributed by atoms with Crippen LogP contribution in [0.25, 0.3) is 0 Å². The third kappa shape index (κ3) is 2.83. The summed E-state index contributed by atoms with van der Waals surface area (Å²) in [5.74, 6) is 0.107. The summed E-state index contributed by atoms with van der Waals surface area (Å²) in [5, 5.41) is 10.8. The molecule has 0 saturated carbocycles. The predicted octanol–water partition coefficient (Wildman–Crippen LogP) is 2.17. The Morgan fingerprint density at radius 1 is 1.60 bits per heavy atom. The van der Waals surface area contributed by atoms with E-state index in [2.05, 4.69) is 15.9 Å². The zero-order valence-corrected chi connectivity index (χ0v) is 12.7. The van der Waals surface area contributed by atoms with Crippen LogP contribution >= 0.6 is 15.9 Å². The summed E-state index contributed by atoms with van der Waals surface area (Å²) >= 11 is 3.28. The van der Waals surface area contributed by atoms with E-state index in [1.165, 1.54) is 18.2 Å². The van der Waals surface area contributed by atoms with E-state index in [4.69, 9.17) is 5.73 Å². The lowest BCUT2D eigenvalue weighted by atomic mass is 10.1. The molecular weight excluding hydrogens is 326 g/mol. The van der Waals surface area contributed by atoms with Crippen molar-refractivity contribution in [1.82, 2.24) is 4.90 Å². The van der Waals surface area contributed by atoms with Gasteiger partial charge in [-0.15, -0.1) is 0 Å². The Morgan fingerprint density at radius 2 is 2.30 bits per heavy atom. The van der Waals surface area contributed by atoms with Crippen molar-refractivity contribution < 1.29 is 9.72 Å². The average Bonchev–Trinajstić information content (AvgIpc) is 2.79. The highest BCUT2D eigenvalue weighted by molar-refractivity contribution is 9.10. The number of nitrogens with two attached hydrogens (primary N) is 1. The zero-order chi connectivity index (χ0) is 14.9. The van der Waals surface area contributed by atoms with Crippen LogP contribution in [0.1, 0.15) is 23.7 Å². The molecule has 1 aromatic rings. The topological polar surface area (TPSA) is 89.5 Å². The first-order valence-corrected chi connectivity index (χ1v) is 7.18. The number of nitrogens with zero attached hydrogens (tertiary/aromatic N) is 2. The van der Waals surface area contributed by atoms with E-state index in [0.717, 1.165) is 6.42 Å². The summed E-state index contributed by atoms with van der Waals surface area (Å²) in [7, 11) is 0. The van der Waals surface area contributed by atoms with Gasteiger partial charge in [-0.05, 0) is 47.8 Å². The quantitative estimate of drug-likeness (QED) is 0.673. The zero-order valence-electron chi connectivity index (χ0n) is 11.1. The van der Waals surface area contributed by atoms with Crippen LogP contribution in [0.4, 0.5) is 5.69 Å². The number of halogens is 1. The third-order valence-electron chi connectivity index (χ3n) is 3.65. The predicted molar refractivity (Wildman–Crippen MR) is 78.5 cm³/mol. The van der Waals surface area contributed by atoms with Gasteiger partial charge in [0.2, 0.25) is 0 Å². The molecule has 20 heavy (non-hydrogen) atoms. The average molecular weight is 342 g/mol. The van der Waals surface area contributed by atoms with Crippen molar-refractivity contribution in [3.05, 3.63) is 38.3 Å². The molecule has 108 valence electrons. The molecule has 1 fully saturated rings. The van der Waals surface area contributed by atoms with Gasteiger partial charge < -0.3 is 10.6 Å². The maximum atomic E-state index is 12.5. The summed E-state index contributed by atoms with van der Waals surface area (Å²) in [4.78, 5) is 24.6. The van der Waals surface area contributed by atoms with Crippen LogP contribution in [0.15, 0.2) is 22.7 Å². The lowest BCUT2D eigenvalue weighted by Crippen LogP contribution is -2.34. The highest BCUT2D eigenvalue weighted by Gasteiger charge is 2.33. The Labute approximate surface area is 125 Å². The van der Waals surface area contributed by atoms with Gasteiger partial charge in [0.05, 0.1) is 10.5 Å². The summed E-state index contributed by atoms with van der Waals surface area (Å²) in [6.07, 6.45) is 0.870. The monoisotopic (exact) mass is 341 g/mol. The van der Waals surface area contributed by atoms with Gasteiger partial charge in [0.1, 0.15) is 0 Å². The first-order valence-electron chi connectivity index (χ1n) is 6.39. The van der Waals surface area contributed by atoms with Crippen LogP contribution in [0.5, 0.6) is 0 Å². The number of hydrogen-bond donors (Lipinski definition) is 1. The first kappa shape index (κ1) is 14.9. The van der Waals surface area contributed by atoms with E-state index >= 15 is 0 Å². The van der Waals surface area contributed by atoms with Crippen LogP contribution in [0, 0.1) is 16.0 Å². The third-order valence-corrected chi connectivity index (χ3v) is 4.34. The van der Waals surface area contributed by atoms with Gasteiger partial charge in [0.25, 0.3) is 11.6 Å². The molecule has 0 aliphatic carbocycles. The second-order valence-electron chi connectivity index (χ2n) is 5.07. The van der Waals surface area contributed by atoms with E-state index in [9.17, 15) is 14.9 Å². The summed E-state index contributed by atoms with van der Waals surface area (Å²) < 4.78 is 0.566. The molecule has 1 saturated heterocycles. The van der Waals surface area contributed by atoms with Crippen molar-refractivity contribution in [3.63, 3.8) is 0 Å². The minimum atomic E-state index is -0.501. The van der Waals surface area contributed by atoms with Crippen molar-refractivity contribution in [2.45, 2.75) is 19.4 Å². The van der Waals surface area contributed by atoms with Crippen molar-refractivity contribution >= 4 is 27.5 Å². The molecule has 2 unspecified atom stereocenters. The van der Waals surface area contributed by atoms with Crippen molar-refractivity contribution in [2.75, 3.05) is 13.1 Å². The summed E-state index contributed by atoms with van der Waals surface area (Å²) in [6, 6.07) is 4.32. The molecule has 1 aromatic carbocycles. The van der Waals surface area contributed by atoms with E-state index in [0.29, 0.717) is 29.0 Å². The van der Waals surface area contributed by atoms with Crippen LogP contribution in [0.2, 0.25) is 0 Å². The number of non-ortho nitro benzene ring substituents is 1. The van der Waals surface area contributed by atoms with Gasteiger partial charge in [-0.1, -0.05) is 0 Å². The fourth-order valence-electron chi connectivity index (χ4n) is 2.54. The molecule has 2 rings (SSSR count). The second kappa shape index (κ2) is 5.88. The number of carbonyl (C=O) groups excluding carboxylic acids is 1. The van der Waals surface area contributed by atoms with Crippen molar-refractivity contribution in [2.24, 2.45) is 11.7 Å². The minimum Gasteiger partial charge on any atom is -0.336 e. The molecule has 0 bridgehead atoms. The standard InChI is InChI=1S/C13H16BrN3O3/c1-8-4-9(6-15)7-16(8)13(18)11-5-10(17(19)20)2-3-12(11)14/h2-3,5,8-9H,4,6-7,15H2,1H3. The summed E-state index contributed by atoms with van der Waals surface area (Å²) in [5.41, 5.74) is 5.89. The van der Waals surface area contributed by atoms with E-state index in [1.807, 2.05) is 6.92 Å². The maximum Gasteiger partial charge on any atom is 0.270 e. The van der Waals surface area contributed by atoms with Gasteiger partial charge in [-0.25, -0.2) is 0 Å². The molecule has 6 nitrogen and oxygen atoms in total. The van der Waals surface area contributed by atoms with Gasteiger partial charge in [-0.3, -0.25) is 14.9 Å². The SMILES string of the molecule is CC1CC(CN)CN1C(=O)c1cc([N+](=O)[O-])ccc1Br. The van der Waals surface area contributed by atoms with Gasteiger partial charge in [0.15, 0.2) is 0 Å². The smallest absolute Gasteiger partial charge is 0.270 e. The molecule has 1 aliphatic rings. The van der Waals surface area contributed by atoms with E-state index in [1.54, 1.807) is 4.90 Å². The van der Waals surface area contributed by atoms with Crippen LogP contribution in [-0.2, 0) is 0 Å². The Bertz CT molecular complexity index is 550. The molecule has 1 heterocycles. The van der Waals surface area contributed by atoms with Gasteiger partial charge in [-0.2, -0.15) is 0 Å². The molecular formula is C13H16BrN3O3. The number of carbonyl (C=O) groups is 1. The van der Waals surface area contributed by atoms with Crippen molar-refractivity contribution in [3.8, 4) is 0 Å².